The van der Waals surface area contributed by atoms with Crippen LogP contribution in [0.25, 0.3) is 0 Å². The molecule has 0 aliphatic rings. The summed E-state index contributed by atoms with van der Waals surface area (Å²) in [6, 6.07) is 6.01. The lowest BCUT2D eigenvalue weighted by atomic mass is 10.4. The molecule has 0 aliphatic heterocycles. The van der Waals surface area contributed by atoms with Crippen LogP contribution < -0.4 is 11.1 Å². The van der Waals surface area contributed by atoms with E-state index in [4.69, 9.17) is 5.73 Å². The van der Waals surface area contributed by atoms with Crippen molar-refractivity contribution in [2.75, 3.05) is 11.9 Å². The number of hydrogen-bond acceptors (Lipinski definition) is 5. The molecule has 0 atom stereocenters. The van der Waals surface area contributed by atoms with Crippen LogP contribution in [0.4, 0.5) is 5.82 Å². The fourth-order valence-electron chi connectivity index (χ4n) is 1.34. The maximum absolute atomic E-state index is 5.46. The summed E-state index contributed by atoms with van der Waals surface area (Å²) in [5.41, 5.74) is 5.46. The molecule has 0 spiro atoms. The topological polar surface area (TPSA) is 63.8 Å². The number of nitrogens with zero attached hydrogens (tertiary/aromatic N) is 2. The van der Waals surface area contributed by atoms with Gasteiger partial charge in [0, 0.05) is 17.5 Å². The van der Waals surface area contributed by atoms with Gasteiger partial charge in [-0.2, -0.15) is 0 Å². The van der Waals surface area contributed by atoms with E-state index in [-0.39, 0.29) is 0 Å². The number of nitrogens with two attached hydrogens (primary N) is 1. The minimum Gasteiger partial charge on any atom is -0.365 e. The summed E-state index contributed by atoms with van der Waals surface area (Å²) in [6.45, 7) is 1.38. The second kappa shape index (κ2) is 5.58. The van der Waals surface area contributed by atoms with Crippen LogP contribution in [0.3, 0.4) is 0 Å². The Morgan fingerprint density at radius 3 is 3.06 bits per heavy atom. The zero-order valence-electron chi connectivity index (χ0n) is 8.89. The van der Waals surface area contributed by atoms with Gasteiger partial charge in [-0.15, -0.1) is 11.3 Å². The van der Waals surface area contributed by atoms with E-state index in [1.165, 1.54) is 4.88 Å². The molecular formula is C11H14N4S. The monoisotopic (exact) mass is 234 g/mol. The summed E-state index contributed by atoms with van der Waals surface area (Å²) in [6.07, 6.45) is 2.48. The fourth-order valence-corrected chi connectivity index (χ4v) is 1.98. The van der Waals surface area contributed by atoms with E-state index in [9.17, 15) is 0 Å². The maximum atomic E-state index is 5.46. The first kappa shape index (κ1) is 11.0. The van der Waals surface area contributed by atoms with Gasteiger partial charge >= 0.3 is 0 Å². The van der Waals surface area contributed by atoms with Crippen molar-refractivity contribution in [2.45, 2.75) is 13.0 Å². The number of thiophene rings is 1. The highest BCUT2D eigenvalue weighted by molar-refractivity contribution is 7.09. The standard InChI is InChI=1S/C11H14N4S/c12-5-3-10-13-6-4-11(15-10)14-8-9-2-1-7-16-9/h1-2,4,6-7H,3,5,8,12H2,(H,13,14,15). The Morgan fingerprint density at radius 1 is 1.38 bits per heavy atom. The molecule has 16 heavy (non-hydrogen) atoms. The van der Waals surface area contributed by atoms with Crippen molar-refractivity contribution in [3.8, 4) is 0 Å². The summed E-state index contributed by atoms with van der Waals surface area (Å²) >= 11 is 1.73. The molecule has 5 heteroatoms. The Bertz CT molecular complexity index is 427. The molecule has 0 saturated heterocycles. The van der Waals surface area contributed by atoms with Crippen molar-refractivity contribution in [1.29, 1.82) is 0 Å². The number of hydrogen-bond donors (Lipinski definition) is 2. The number of aromatic nitrogens is 2. The summed E-state index contributed by atoms with van der Waals surface area (Å²) in [4.78, 5) is 9.80. The molecule has 2 aromatic rings. The van der Waals surface area contributed by atoms with Gasteiger partial charge in [-0.1, -0.05) is 6.07 Å². The van der Waals surface area contributed by atoms with Crippen LogP contribution in [0.2, 0.25) is 0 Å². The zero-order valence-corrected chi connectivity index (χ0v) is 9.70. The van der Waals surface area contributed by atoms with Gasteiger partial charge in [0.05, 0.1) is 6.54 Å². The Labute approximate surface area is 98.6 Å². The largest absolute Gasteiger partial charge is 0.365 e. The van der Waals surface area contributed by atoms with Gasteiger partial charge in [0.15, 0.2) is 0 Å². The molecule has 2 heterocycles. The van der Waals surface area contributed by atoms with Gasteiger partial charge in [-0.05, 0) is 24.1 Å². The van der Waals surface area contributed by atoms with Crippen molar-refractivity contribution < 1.29 is 0 Å². The molecule has 0 bridgehead atoms. The molecule has 0 aromatic carbocycles. The van der Waals surface area contributed by atoms with Crippen molar-refractivity contribution in [2.24, 2.45) is 5.73 Å². The highest BCUT2D eigenvalue weighted by atomic mass is 32.1. The normalized spacial score (nSPS) is 10.3. The van der Waals surface area contributed by atoms with Gasteiger partial charge in [-0.3, -0.25) is 0 Å². The van der Waals surface area contributed by atoms with Crippen LogP contribution in [0.5, 0.6) is 0 Å². The summed E-state index contributed by atoms with van der Waals surface area (Å²) in [5.74, 6) is 1.64. The van der Waals surface area contributed by atoms with E-state index in [0.717, 1.165) is 18.2 Å². The number of anilines is 1. The quantitative estimate of drug-likeness (QED) is 0.825. The van der Waals surface area contributed by atoms with E-state index in [2.05, 4.69) is 26.7 Å². The van der Waals surface area contributed by atoms with Crippen LogP contribution in [0.15, 0.2) is 29.8 Å². The zero-order chi connectivity index (χ0) is 11.2. The Kier molecular flexibility index (Phi) is 3.85. The van der Waals surface area contributed by atoms with Crippen LogP contribution >= 0.6 is 11.3 Å². The molecule has 0 fully saturated rings. The van der Waals surface area contributed by atoms with Crippen LogP contribution in [0.1, 0.15) is 10.7 Å². The Balaban J connectivity index is 1.96. The van der Waals surface area contributed by atoms with Gasteiger partial charge in [0.25, 0.3) is 0 Å². The first-order valence-corrected chi connectivity index (χ1v) is 6.04. The molecule has 4 nitrogen and oxygen atoms in total. The van der Waals surface area contributed by atoms with Crippen LogP contribution in [-0.2, 0) is 13.0 Å². The van der Waals surface area contributed by atoms with Gasteiger partial charge in [0.2, 0.25) is 0 Å². The molecule has 0 radical (unpaired) electrons. The second-order valence-electron chi connectivity index (χ2n) is 3.33. The lowest BCUT2D eigenvalue weighted by Gasteiger charge is -2.04. The second-order valence-corrected chi connectivity index (χ2v) is 4.36. The van der Waals surface area contributed by atoms with Crippen LogP contribution in [-0.4, -0.2) is 16.5 Å². The van der Waals surface area contributed by atoms with E-state index in [1.54, 1.807) is 17.5 Å². The third-order valence-corrected chi connectivity index (χ3v) is 2.97. The first-order valence-electron chi connectivity index (χ1n) is 5.17. The number of nitrogens with one attached hydrogen (secondary N) is 1. The first-order chi connectivity index (χ1) is 7.88. The third-order valence-electron chi connectivity index (χ3n) is 2.10. The van der Waals surface area contributed by atoms with Gasteiger partial charge in [-0.25, -0.2) is 9.97 Å². The SMILES string of the molecule is NCCc1nccc(NCc2cccs2)n1. The van der Waals surface area contributed by atoms with Crippen molar-refractivity contribution >= 4 is 17.2 Å². The van der Waals surface area contributed by atoms with Crippen LogP contribution in [0, 0.1) is 0 Å². The minimum atomic E-state index is 0.578. The van der Waals surface area contributed by atoms with Crippen molar-refractivity contribution in [3.05, 3.63) is 40.5 Å². The molecule has 0 amide bonds. The molecular weight excluding hydrogens is 220 g/mol. The summed E-state index contributed by atoms with van der Waals surface area (Å²) < 4.78 is 0. The third kappa shape index (κ3) is 3.01. The number of rotatable bonds is 5. The van der Waals surface area contributed by atoms with E-state index in [1.807, 2.05) is 12.1 Å². The van der Waals surface area contributed by atoms with Gasteiger partial charge < -0.3 is 11.1 Å². The molecule has 0 unspecified atom stereocenters. The summed E-state index contributed by atoms with van der Waals surface area (Å²) in [5, 5.41) is 5.33. The molecule has 84 valence electrons. The highest BCUT2D eigenvalue weighted by Crippen LogP contribution is 2.11. The maximum Gasteiger partial charge on any atom is 0.131 e. The predicted octanol–water partition coefficient (Wildman–Crippen LogP) is 1.65. The smallest absolute Gasteiger partial charge is 0.131 e. The lowest BCUT2D eigenvalue weighted by molar-refractivity contribution is 0.866. The molecule has 3 N–H and O–H groups in total. The van der Waals surface area contributed by atoms with Crippen molar-refractivity contribution in [3.63, 3.8) is 0 Å². The average Bonchev–Trinajstić information content (AvgIpc) is 2.80. The predicted molar refractivity (Wildman–Crippen MR) is 66.4 cm³/mol. The average molecular weight is 234 g/mol. The molecule has 0 saturated carbocycles. The Morgan fingerprint density at radius 2 is 2.31 bits per heavy atom. The van der Waals surface area contributed by atoms with E-state index < -0.39 is 0 Å². The minimum absolute atomic E-state index is 0.578. The Hall–Kier alpha value is -1.46. The van der Waals surface area contributed by atoms with Crippen molar-refractivity contribution in [1.82, 2.24) is 9.97 Å². The lowest BCUT2D eigenvalue weighted by Crippen LogP contribution is -2.08. The van der Waals surface area contributed by atoms with Gasteiger partial charge in [0.1, 0.15) is 11.6 Å². The van der Waals surface area contributed by atoms with E-state index in [0.29, 0.717) is 13.0 Å². The fraction of sp³-hybridized carbons (Fsp3) is 0.273. The molecule has 0 aliphatic carbocycles. The molecule has 2 rings (SSSR count). The van der Waals surface area contributed by atoms with E-state index >= 15 is 0 Å². The summed E-state index contributed by atoms with van der Waals surface area (Å²) in [7, 11) is 0. The molecule has 2 aromatic heterocycles. The highest BCUT2D eigenvalue weighted by Gasteiger charge is 1.99.